The zero-order valence-corrected chi connectivity index (χ0v) is 13.1. The van der Waals surface area contributed by atoms with Crippen molar-refractivity contribution in [3.05, 3.63) is 30.1 Å². The predicted octanol–water partition coefficient (Wildman–Crippen LogP) is 4.05. The minimum Gasteiger partial charge on any atom is -0.367 e. The third kappa shape index (κ3) is 2.58. The van der Waals surface area contributed by atoms with Crippen molar-refractivity contribution < 1.29 is 9.18 Å². The van der Waals surface area contributed by atoms with Gasteiger partial charge in [0.25, 0.3) is 0 Å². The van der Waals surface area contributed by atoms with E-state index in [1.807, 2.05) is 6.07 Å². The van der Waals surface area contributed by atoms with Gasteiger partial charge in [0.15, 0.2) is 0 Å². The summed E-state index contributed by atoms with van der Waals surface area (Å²) in [6.45, 7) is 7.37. The van der Waals surface area contributed by atoms with Crippen LogP contribution in [0, 0.1) is 23.1 Å². The Morgan fingerprint density at radius 3 is 2.81 bits per heavy atom. The topological polar surface area (TPSA) is 20.3 Å². The molecule has 2 aliphatic rings. The maximum atomic E-state index is 13.6. The highest BCUT2D eigenvalue weighted by Crippen LogP contribution is 2.47. The summed E-state index contributed by atoms with van der Waals surface area (Å²) in [6.07, 6.45) is 2.71. The van der Waals surface area contributed by atoms with Crippen LogP contribution in [-0.2, 0) is 4.79 Å². The third-order valence-corrected chi connectivity index (χ3v) is 5.20. The molecule has 0 bridgehead atoms. The zero-order chi connectivity index (χ0) is 15.2. The first kappa shape index (κ1) is 14.6. The monoisotopic (exact) mass is 289 g/mol. The van der Waals surface area contributed by atoms with Crippen LogP contribution in [0.5, 0.6) is 0 Å². The Hall–Kier alpha value is -1.38. The molecule has 1 aromatic rings. The van der Waals surface area contributed by atoms with Gasteiger partial charge in [0.05, 0.1) is 0 Å². The van der Waals surface area contributed by atoms with Crippen LogP contribution in [0.15, 0.2) is 24.3 Å². The second kappa shape index (κ2) is 5.11. The Morgan fingerprint density at radius 1 is 1.38 bits per heavy atom. The van der Waals surface area contributed by atoms with Gasteiger partial charge in [-0.25, -0.2) is 4.39 Å². The van der Waals surface area contributed by atoms with Crippen molar-refractivity contribution in [3.63, 3.8) is 0 Å². The molecule has 0 amide bonds. The molecule has 2 nitrogen and oxygen atoms in total. The molecule has 1 aromatic carbocycles. The standard InChI is InChI=1S/C18H24FNO/c1-4-12-11-20(14-7-5-6-13(19)8-14)15-9-18(2,3)10-16(21)17(12)15/h5-8,12,15,17H,4,9-11H2,1-3H3. The Labute approximate surface area is 126 Å². The van der Waals surface area contributed by atoms with E-state index in [-0.39, 0.29) is 23.2 Å². The van der Waals surface area contributed by atoms with Crippen molar-refractivity contribution in [1.82, 2.24) is 0 Å². The molecular formula is C18H24FNO. The molecule has 3 heteroatoms. The number of benzene rings is 1. The lowest BCUT2D eigenvalue weighted by Crippen LogP contribution is -2.45. The van der Waals surface area contributed by atoms with E-state index in [0.717, 1.165) is 25.1 Å². The van der Waals surface area contributed by atoms with E-state index in [4.69, 9.17) is 0 Å². The Morgan fingerprint density at radius 2 is 2.14 bits per heavy atom. The number of fused-ring (bicyclic) bond motifs is 1. The van der Waals surface area contributed by atoms with Crippen LogP contribution in [0.1, 0.15) is 40.0 Å². The molecule has 0 N–H and O–H groups in total. The van der Waals surface area contributed by atoms with E-state index in [1.165, 1.54) is 6.07 Å². The first-order valence-electron chi connectivity index (χ1n) is 7.96. The molecule has 3 rings (SSSR count). The number of carbonyl (C=O) groups excluding carboxylic acids is 1. The molecule has 21 heavy (non-hydrogen) atoms. The largest absolute Gasteiger partial charge is 0.367 e. The molecule has 1 aliphatic carbocycles. The van der Waals surface area contributed by atoms with Crippen LogP contribution in [0.2, 0.25) is 0 Å². The summed E-state index contributed by atoms with van der Waals surface area (Å²) in [4.78, 5) is 14.9. The minimum absolute atomic E-state index is 0.0481. The second-order valence-electron chi connectivity index (χ2n) is 7.41. The number of hydrogen-bond acceptors (Lipinski definition) is 2. The minimum atomic E-state index is -0.203. The van der Waals surface area contributed by atoms with Gasteiger partial charge in [0.2, 0.25) is 0 Å². The molecule has 1 saturated carbocycles. The lowest BCUT2D eigenvalue weighted by Gasteiger charge is -2.41. The van der Waals surface area contributed by atoms with Gasteiger partial charge in [-0.05, 0) is 36.0 Å². The molecule has 0 radical (unpaired) electrons. The lowest BCUT2D eigenvalue weighted by molar-refractivity contribution is -0.129. The van der Waals surface area contributed by atoms with Gasteiger partial charge >= 0.3 is 0 Å². The summed E-state index contributed by atoms with van der Waals surface area (Å²) in [6, 6.07) is 7.03. The van der Waals surface area contributed by atoms with E-state index in [1.54, 1.807) is 12.1 Å². The zero-order valence-electron chi connectivity index (χ0n) is 13.1. The lowest BCUT2D eigenvalue weighted by atomic mass is 9.67. The molecule has 3 atom stereocenters. The number of nitrogens with zero attached hydrogens (tertiary/aromatic N) is 1. The second-order valence-corrected chi connectivity index (χ2v) is 7.41. The first-order chi connectivity index (χ1) is 9.91. The summed E-state index contributed by atoms with van der Waals surface area (Å²) in [5, 5.41) is 0. The Kier molecular flexibility index (Phi) is 3.54. The van der Waals surface area contributed by atoms with Gasteiger partial charge in [-0.15, -0.1) is 0 Å². The third-order valence-electron chi connectivity index (χ3n) is 5.20. The number of Topliss-reactive ketones (excluding diaryl/α,β-unsaturated/α-hetero) is 1. The SMILES string of the molecule is CCC1CN(c2cccc(F)c2)C2CC(C)(C)CC(=O)C12. The van der Waals surface area contributed by atoms with Crippen LogP contribution in [-0.4, -0.2) is 18.4 Å². The number of ketones is 1. The quantitative estimate of drug-likeness (QED) is 0.818. The first-order valence-corrected chi connectivity index (χ1v) is 7.96. The van der Waals surface area contributed by atoms with E-state index in [0.29, 0.717) is 18.1 Å². The average molecular weight is 289 g/mol. The fourth-order valence-corrected chi connectivity index (χ4v) is 4.29. The smallest absolute Gasteiger partial charge is 0.138 e. The number of carbonyl (C=O) groups is 1. The summed E-state index contributed by atoms with van der Waals surface area (Å²) in [7, 11) is 0. The van der Waals surface area contributed by atoms with Crippen molar-refractivity contribution in [1.29, 1.82) is 0 Å². The maximum absolute atomic E-state index is 13.6. The highest BCUT2D eigenvalue weighted by atomic mass is 19.1. The Balaban J connectivity index is 1.96. The van der Waals surface area contributed by atoms with Gasteiger partial charge in [-0.2, -0.15) is 0 Å². The number of rotatable bonds is 2. The number of halogens is 1. The highest BCUT2D eigenvalue weighted by molar-refractivity contribution is 5.85. The summed E-state index contributed by atoms with van der Waals surface area (Å²) >= 11 is 0. The van der Waals surface area contributed by atoms with E-state index < -0.39 is 0 Å². The molecule has 2 fully saturated rings. The summed E-state index contributed by atoms with van der Waals surface area (Å²) in [5.41, 5.74) is 0.971. The summed E-state index contributed by atoms with van der Waals surface area (Å²) < 4.78 is 13.6. The van der Waals surface area contributed by atoms with Crippen LogP contribution < -0.4 is 4.90 Å². The summed E-state index contributed by atoms with van der Waals surface area (Å²) in [5.74, 6) is 0.737. The van der Waals surface area contributed by atoms with E-state index in [2.05, 4.69) is 25.7 Å². The van der Waals surface area contributed by atoms with Gasteiger partial charge in [-0.1, -0.05) is 33.3 Å². The molecule has 114 valence electrons. The van der Waals surface area contributed by atoms with Gasteiger partial charge in [0.1, 0.15) is 11.6 Å². The molecule has 3 unspecified atom stereocenters. The van der Waals surface area contributed by atoms with Crippen LogP contribution in [0.4, 0.5) is 10.1 Å². The van der Waals surface area contributed by atoms with Crippen molar-refractivity contribution in [2.45, 2.75) is 46.1 Å². The fourth-order valence-electron chi connectivity index (χ4n) is 4.29. The fraction of sp³-hybridized carbons (Fsp3) is 0.611. The van der Waals surface area contributed by atoms with Crippen molar-refractivity contribution >= 4 is 11.5 Å². The number of anilines is 1. The van der Waals surface area contributed by atoms with Crippen LogP contribution >= 0.6 is 0 Å². The Bertz CT molecular complexity index is 554. The molecule has 0 spiro atoms. The van der Waals surface area contributed by atoms with Crippen molar-refractivity contribution in [2.24, 2.45) is 17.3 Å². The van der Waals surface area contributed by atoms with Crippen molar-refractivity contribution in [2.75, 3.05) is 11.4 Å². The van der Waals surface area contributed by atoms with E-state index in [9.17, 15) is 9.18 Å². The highest BCUT2D eigenvalue weighted by Gasteiger charge is 2.50. The molecule has 1 saturated heterocycles. The van der Waals surface area contributed by atoms with Gasteiger partial charge in [0, 0.05) is 30.6 Å². The van der Waals surface area contributed by atoms with E-state index >= 15 is 0 Å². The number of hydrogen-bond donors (Lipinski definition) is 0. The maximum Gasteiger partial charge on any atom is 0.138 e. The average Bonchev–Trinajstić information content (AvgIpc) is 2.76. The van der Waals surface area contributed by atoms with Crippen LogP contribution in [0.25, 0.3) is 0 Å². The molecular weight excluding hydrogens is 265 g/mol. The van der Waals surface area contributed by atoms with Gasteiger partial charge in [-0.3, -0.25) is 4.79 Å². The van der Waals surface area contributed by atoms with Crippen LogP contribution in [0.3, 0.4) is 0 Å². The molecule has 1 aliphatic heterocycles. The van der Waals surface area contributed by atoms with Gasteiger partial charge < -0.3 is 4.90 Å². The molecule has 1 heterocycles. The predicted molar refractivity (Wildman–Crippen MR) is 82.8 cm³/mol. The molecule has 0 aromatic heterocycles. The normalized spacial score (nSPS) is 31.3. The van der Waals surface area contributed by atoms with Crippen molar-refractivity contribution in [3.8, 4) is 0 Å².